The molecule has 0 saturated heterocycles. The van der Waals surface area contributed by atoms with Crippen molar-refractivity contribution in [3.8, 4) is 12.3 Å². The van der Waals surface area contributed by atoms with Gasteiger partial charge in [0.05, 0.1) is 6.07 Å². The average Bonchev–Trinajstić information content (AvgIpc) is 2.70. The van der Waals surface area contributed by atoms with Gasteiger partial charge in [0.1, 0.15) is 6.10 Å². The van der Waals surface area contributed by atoms with Gasteiger partial charge < -0.3 is 4.74 Å². The van der Waals surface area contributed by atoms with Crippen molar-refractivity contribution in [2.24, 2.45) is 34.6 Å². The molecule has 4 atom stereocenters. The molecular weight excluding hydrogens is 446 g/mol. The fraction of sp³-hybridized carbons (Fsp3) is 0.808. The van der Waals surface area contributed by atoms with Crippen LogP contribution in [-0.4, -0.2) is 19.8 Å². The molecule has 9 nitrogen and oxygen atoms in total. The van der Waals surface area contributed by atoms with Crippen molar-refractivity contribution in [3.63, 3.8) is 0 Å². The Bertz CT molecular complexity index is 1240. The van der Waals surface area contributed by atoms with Crippen LogP contribution >= 0.6 is 0 Å². The molecule has 4 unspecified atom stereocenters. The maximum absolute atomic E-state index is 13.6. The minimum absolute atomic E-state index is 0.0897. The fourth-order valence-electron chi connectivity index (χ4n) is 7.45. The molecule has 0 amide bonds. The van der Waals surface area contributed by atoms with Gasteiger partial charge in [-0.25, -0.2) is 28.1 Å². The molecule has 192 valence electrons. The first-order valence-electron chi connectivity index (χ1n) is 12.4. The number of nitrogens with zero attached hydrogens (tertiary/aromatic N) is 5. The number of nitriles is 2. The van der Waals surface area contributed by atoms with E-state index < -0.39 is 27.9 Å². The van der Waals surface area contributed by atoms with Crippen LogP contribution in [0.4, 0.5) is 0 Å². The van der Waals surface area contributed by atoms with Crippen molar-refractivity contribution in [1.29, 1.82) is 10.5 Å². The second kappa shape index (κ2) is 9.00. The Kier molecular flexibility index (Phi) is 6.89. The molecule has 2 aliphatic carbocycles. The summed E-state index contributed by atoms with van der Waals surface area (Å²) in [7, 11) is 1.40. The Labute approximate surface area is 206 Å². The van der Waals surface area contributed by atoms with E-state index in [2.05, 4.69) is 33.8 Å². The van der Waals surface area contributed by atoms with Gasteiger partial charge in [-0.3, -0.25) is 0 Å². The van der Waals surface area contributed by atoms with Gasteiger partial charge in [-0.2, -0.15) is 10.5 Å². The molecular formula is C26H39N5O4. The van der Waals surface area contributed by atoms with Gasteiger partial charge in [0.15, 0.2) is 0 Å². The minimum Gasteiger partial charge on any atom is -0.424 e. The number of rotatable bonds is 5. The molecule has 1 aromatic rings. The Balaban J connectivity index is 2.03. The van der Waals surface area contributed by atoms with E-state index in [4.69, 9.17) is 10.00 Å². The molecule has 2 aliphatic rings. The van der Waals surface area contributed by atoms with Crippen LogP contribution < -0.4 is 17.1 Å². The molecule has 0 aliphatic heterocycles. The summed E-state index contributed by atoms with van der Waals surface area (Å²) >= 11 is 0. The summed E-state index contributed by atoms with van der Waals surface area (Å²) in [6.45, 7) is 12.7. The van der Waals surface area contributed by atoms with Crippen LogP contribution in [0.25, 0.3) is 0 Å². The van der Waals surface area contributed by atoms with Crippen LogP contribution in [0.15, 0.2) is 14.4 Å². The van der Waals surface area contributed by atoms with Crippen molar-refractivity contribution in [3.05, 3.63) is 31.5 Å². The Morgan fingerprint density at radius 2 is 1.29 bits per heavy atom. The van der Waals surface area contributed by atoms with Gasteiger partial charge in [0.2, 0.25) is 0 Å². The molecule has 0 N–H and O–H groups in total. The zero-order valence-corrected chi connectivity index (χ0v) is 22.2. The lowest BCUT2D eigenvalue weighted by molar-refractivity contribution is -0.0204. The summed E-state index contributed by atoms with van der Waals surface area (Å²) < 4.78 is 8.64. The molecule has 0 spiro atoms. The SMILES string of the molecule is Cn1c(=O)n(CC2(C)CC(C#N)CC(C)(C)C2)c(=O)n(CC2(C)CC(OC#N)CC(C)(C)C2)c1=O. The van der Waals surface area contributed by atoms with Crippen molar-refractivity contribution in [1.82, 2.24) is 13.7 Å². The molecule has 0 bridgehead atoms. The molecule has 0 radical (unpaired) electrons. The van der Waals surface area contributed by atoms with Gasteiger partial charge in [-0.15, -0.1) is 0 Å². The first-order chi connectivity index (χ1) is 16.0. The van der Waals surface area contributed by atoms with Crippen molar-refractivity contribution >= 4 is 0 Å². The van der Waals surface area contributed by atoms with E-state index in [-0.39, 0.29) is 35.9 Å². The number of hydrogen-bond donors (Lipinski definition) is 0. The topological polar surface area (TPSA) is 123 Å². The highest BCUT2D eigenvalue weighted by Crippen LogP contribution is 2.49. The van der Waals surface area contributed by atoms with Crippen molar-refractivity contribution in [2.75, 3.05) is 0 Å². The summed E-state index contributed by atoms with van der Waals surface area (Å²) in [5.41, 5.74) is -3.00. The summed E-state index contributed by atoms with van der Waals surface area (Å²) in [6.07, 6.45) is 5.65. The van der Waals surface area contributed by atoms with Gasteiger partial charge in [-0.1, -0.05) is 41.5 Å². The number of aromatic nitrogens is 3. The summed E-state index contributed by atoms with van der Waals surface area (Å²) in [6, 6.07) is 2.38. The third kappa shape index (κ3) is 5.72. The highest BCUT2D eigenvalue weighted by Gasteiger charge is 2.44. The maximum atomic E-state index is 13.6. The van der Waals surface area contributed by atoms with Crippen molar-refractivity contribution in [2.45, 2.75) is 99.3 Å². The van der Waals surface area contributed by atoms with E-state index in [0.717, 1.165) is 30.3 Å². The second-order valence-corrected chi connectivity index (χ2v) is 13.4. The molecule has 35 heavy (non-hydrogen) atoms. The number of ether oxygens (including phenoxy) is 1. The third-order valence-electron chi connectivity index (χ3n) is 7.83. The highest BCUT2D eigenvalue weighted by molar-refractivity contribution is 5.00. The zero-order valence-electron chi connectivity index (χ0n) is 22.2. The summed E-state index contributed by atoms with van der Waals surface area (Å²) in [4.78, 5) is 39.8. The molecule has 2 fully saturated rings. The predicted molar refractivity (Wildman–Crippen MR) is 131 cm³/mol. The monoisotopic (exact) mass is 485 g/mol. The van der Waals surface area contributed by atoms with Crippen LogP contribution in [0.2, 0.25) is 0 Å². The predicted octanol–water partition coefficient (Wildman–Crippen LogP) is 3.15. The smallest absolute Gasteiger partial charge is 0.336 e. The van der Waals surface area contributed by atoms with Gasteiger partial charge in [-0.05, 0) is 60.2 Å². The molecule has 2 saturated carbocycles. The lowest BCUT2D eigenvalue weighted by atomic mass is 9.61. The number of hydrogen-bond acceptors (Lipinski definition) is 6. The van der Waals surface area contributed by atoms with Gasteiger partial charge >= 0.3 is 17.1 Å². The minimum atomic E-state index is -0.636. The Morgan fingerprint density at radius 3 is 1.77 bits per heavy atom. The van der Waals surface area contributed by atoms with E-state index in [1.807, 2.05) is 13.8 Å². The van der Waals surface area contributed by atoms with Crippen LogP contribution in [0, 0.1) is 50.4 Å². The van der Waals surface area contributed by atoms with E-state index in [0.29, 0.717) is 12.8 Å². The van der Waals surface area contributed by atoms with Gasteiger partial charge in [0, 0.05) is 26.1 Å². The third-order valence-corrected chi connectivity index (χ3v) is 7.83. The normalized spacial score (nSPS) is 31.8. The van der Waals surface area contributed by atoms with E-state index in [1.54, 1.807) is 6.26 Å². The van der Waals surface area contributed by atoms with Crippen LogP contribution in [-0.2, 0) is 24.9 Å². The average molecular weight is 486 g/mol. The Morgan fingerprint density at radius 1 is 0.800 bits per heavy atom. The lowest BCUT2D eigenvalue weighted by Crippen LogP contribution is -2.57. The largest absolute Gasteiger partial charge is 0.424 e. The molecule has 0 aromatic carbocycles. The van der Waals surface area contributed by atoms with Crippen LogP contribution in [0.5, 0.6) is 0 Å². The van der Waals surface area contributed by atoms with E-state index in [9.17, 15) is 19.6 Å². The quantitative estimate of drug-likeness (QED) is 0.590. The first-order valence-corrected chi connectivity index (χ1v) is 12.4. The van der Waals surface area contributed by atoms with Crippen molar-refractivity contribution < 1.29 is 4.74 Å². The Hall–Kier alpha value is -2.81. The lowest BCUT2D eigenvalue weighted by Gasteiger charge is -2.46. The first kappa shape index (κ1) is 26.8. The summed E-state index contributed by atoms with van der Waals surface area (Å²) in [5.74, 6) is -0.144. The molecule has 3 rings (SSSR count). The molecule has 1 aromatic heterocycles. The molecule has 1 heterocycles. The van der Waals surface area contributed by atoms with Gasteiger partial charge in [0.25, 0.3) is 6.26 Å². The van der Waals surface area contributed by atoms with Crippen LogP contribution in [0.3, 0.4) is 0 Å². The maximum Gasteiger partial charge on any atom is 0.336 e. The van der Waals surface area contributed by atoms with Crippen LogP contribution in [0.1, 0.15) is 80.1 Å². The second-order valence-electron chi connectivity index (χ2n) is 13.4. The highest BCUT2D eigenvalue weighted by atomic mass is 16.5. The van der Waals surface area contributed by atoms with E-state index in [1.165, 1.54) is 16.2 Å². The zero-order chi connectivity index (χ0) is 26.4. The summed E-state index contributed by atoms with van der Waals surface area (Å²) in [5, 5.41) is 18.7. The fourth-order valence-corrected chi connectivity index (χ4v) is 7.45. The molecule has 9 heteroatoms. The standard InChI is InChI=1S/C26H39N5O4/c1-23(2)8-18(12-27)9-25(5,13-23)15-30-20(32)29(7)21(33)31(22(30)34)16-26(6)11-19(35-17-28)10-24(3,4)14-26/h18-19H,8-11,13-16H2,1-7H3. The van der Waals surface area contributed by atoms with E-state index >= 15 is 0 Å².